The molecule has 210 valence electrons. The molecule has 0 saturated carbocycles. The second kappa shape index (κ2) is 10.6. The van der Waals surface area contributed by atoms with E-state index in [0.717, 1.165) is 93.7 Å². The third kappa shape index (κ3) is 4.79. The van der Waals surface area contributed by atoms with Gasteiger partial charge in [-0.2, -0.15) is 0 Å². The third-order valence-corrected chi connectivity index (χ3v) is 9.42. The van der Waals surface area contributed by atoms with Gasteiger partial charge in [0.2, 0.25) is 0 Å². The molecule has 1 aliphatic carbocycles. The van der Waals surface area contributed by atoms with Gasteiger partial charge in [0.1, 0.15) is 23.2 Å². The normalized spacial score (nSPS) is 26.6. The van der Waals surface area contributed by atoms with Gasteiger partial charge in [-0.1, -0.05) is 19.1 Å². The van der Waals surface area contributed by atoms with Gasteiger partial charge in [0, 0.05) is 50.2 Å². The molecule has 40 heavy (non-hydrogen) atoms. The summed E-state index contributed by atoms with van der Waals surface area (Å²) in [4.78, 5) is 17.2. The lowest BCUT2D eigenvalue weighted by Gasteiger charge is -2.41. The molecule has 9 heteroatoms. The molecule has 0 aromatic carbocycles. The Morgan fingerprint density at radius 1 is 0.975 bits per heavy atom. The Morgan fingerprint density at radius 3 is 2.65 bits per heavy atom. The van der Waals surface area contributed by atoms with Crippen LogP contribution in [0.15, 0.2) is 60.6 Å². The molecule has 3 aromatic rings. The number of hydrogen-bond donors (Lipinski definition) is 1. The number of piperazine rings is 1. The number of hydrogen-bond acceptors (Lipinski definition) is 7. The van der Waals surface area contributed by atoms with Crippen molar-refractivity contribution in [3.05, 3.63) is 60.6 Å². The maximum atomic E-state index is 14.3. The molecule has 4 aliphatic rings. The first-order chi connectivity index (χ1) is 19.6. The number of halogens is 1. The first-order valence-electron chi connectivity index (χ1n) is 14.9. The number of nitrogens with zero attached hydrogens (tertiary/aromatic N) is 7. The van der Waals surface area contributed by atoms with Crippen LogP contribution in [0.4, 0.5) is 16.0 Å². The molecular formula is C31H39FN8. The molecule has 1 N–H and O–H groups in total. The summed E-state index contributed by atoms with van der Waals surface area (Å²) >= 11 is 0. The summed E-state index contributed by atoms with van der Waals surface area (Å²) in [7, 11) is 0. The Kier molecular flexibility index (Phi) is 6.79. The molecule has 0 radical (unpaired) electrons. The lowest BCUT2D eigenvalue weighted by Crippen LogP contribution is -2.53. The van der Waals surface area contributed by atoms with Crippen molar-refractivity contribution in [2.75, 3.05) is 55.6 Å². The van der Waals surface area contributed by atoms with Gasteiger partial charge in [-0.3, -0.25) is 4.90 Å². The third-order valence-electron chi connectivity index (χ3n) is 9.42. The highest BCUT2D eigenvalue weighted by molar-refractivity contribution is 5.62. The average Bonchev–Trinajstić information content (AvgIpc) is 3.66. The largest absolute Gasteiger partial charge is 0.354 e. The molecule has 3 saturated heterocycles. The van der Waals surface area contributed by atoms with E-state index in [2.05, 4.69) is 50.1 Å². The fraction of sp³-hybridized carbons (Fsp3) is 0.516. The van der Waals surface area contributed by atoms with Crippen LogP contribution in [0.3, 0.4) is 0 Å². The van der Waals surface area contributed by atoms with E-state index in [9.17, 15) is 4.39 Å². The van der Waals surface area contributed by atoms with Gasteiger partial charge >= 0.3 is 0 Å². The molecule has 3 fully saturated rings. The van der Waals surface area contributed by atoms with Crippen molar-refractivity contribution in [2.24, 2.45) is 5.41 Å². The van der Waals surface area contributed by atoms with Crippen molar-refractivity contribution < 1.29 is 4.39 Å². The highest BCUT2D eigenvalue weighted by atomic mass is 19.1. The number of aromatic nitrogens is 4. The van der Waals surface area contributed by atoms with Crippen LogP contribution in [0, 0.1) is 5.41 Å². The first kappa shape index (κ1) is 25.7. The standard InChI is InChI=1S/C31H39FN8/c1-31(13-3-5-23(32)21-31)27-7-4-16-39(27)30-10-9-28-34-22-26(40(28)36-30)25-6-2-8-29(35-25)38-19-17-37(18-20-38)24-11-14-33-15-12-24/h2-3,5-6,8-10,21-22,24,27,33H,4,7,11-20H2,1H3/t27-,31?/m1/s1. The van der Waals surface area contributed by atoms with Gasteiger partial charge in [0.25, 0.3) is 0 Å². The molecule has 3 aromatic heterocycles. The average molecular weight is 543 g/mol. The summed E-state index contributed by atoms with van der Waals surface area (Å²) in [5.74, 6) is 1.78. The zero-order valence-electron chi connectivity index (χ0n) is 23.3. The molecule has 1 unspecified atom stereocenters. The van der Waals surface area contributed by atoms with E-state index in [4.69, 9.17) is 10.1 Å². The van der Waals surface area contributed by atoms with Crippen molar-refractivity contribution in [1.29, 1.82) is 0 Å². The molecule has 2 atom stereocenters. The molecule has 6 heterocycles. The second-order valence-corrected chi connectivity index (χ2v) is 12.0. The Labute approximate surface area is 235 Å². The van der Waals surface area contributed by atoms with Crippen LogP contribution in [0.1, 0.15) is 39.0 Å². The van der Waals surface area contributed by atoms with Gasteiger partial charge in [-0.15, -0.1) is 5.10 Å². The minimum absolute atomic E-state index is 0.139. The van der Waals surface area contributed by atoms with Crippen LogP contribution in [-0.2, 0) is 0 Å². The highest BCUT2D eigenvalue weighted by Crippen LogP contribution is 2.42. The van der Waals surface area contributed by atoms with E-state index in [1.165, 1.54) is 12.8 Å². The summed E-state index contributed by atoms with van der Waals surface area (Å²) in [5, 5.41) is 8.55. The molecule has 0 amide bonds. The molecular weight excluding hydrogens is 503 g/mol. The fourth-order valence-corrected chi connectivity index (χ4v) is 7.23. The number of fused-ring (bicyclic) bond motifs is 1. The predicted molar refractivity (Wildman–Crippen MR) is 157 cm³/mol. The summed E-state index contributed by atoms with van der Waals surface area (Å²) in [6, 6.07) is 11.3. The Bertz CT molecular complexity index is 1420. The minimum atomic E-state index is -0.252. The minimum Gasteiger partial charge on any atom is -0.354 e. The number of rotatable bonds is 5. The topological polar surface area (TPSA) is 64.8 Å². The first-order valence-corrected chi connectivity index (χ1v) is 14.9. The number of nitrogens with one attached hydrogen (secondary N) is 1. The Hall–Kier alpha value is -3.30. The van der Waals surface area contributed by atoms with E-state index < -0.39 is 0 Å². The monoisotopic (exact) mass is 542 g/mol. The van der Waals surface area contributed by atoms with Gasteiger partial charge in [-0.25, -0.2) is 18.9 Å². The maximum Gasteiger partial charge on any atom is 0.154 e. The van der Waals surface area contributed by atoms with Crippen molar-refractivity contribution >= 4 is 17.3 Å². The fourth-order valence-electron chi connectivity index (χ4n) is 7.23. The maximum absolute atomic E-state index is 14.3. The lowest BCUT2D eigenvalue weighted by atomic mass is 9.75. The number of allylic oxidation sites excluding steroid dienone is 3. The van der Waals surface area contributed by atoms with E-state index >= 15 is 0 Å². The van der Waals surface area contributed by atoms with E-state index in [1.807, 2.05) is 28.9 Å². The highest BCUT2D eigenvalue weighted by Gasteiger charge is 2.40. The smallest absolute Gasteiger partial charge is 0.154 e. The van der Waals surface area contributed by atoms with Crippen LogP contribution >= 0.6 is 0 Å². The molecule has 3 aliphatic heterocycles. The summed E-state index contributed by atoms with van der Waals surface area (Å²) in [6.45, 7) is 9.51. The summed E-state index contributed by atoms with van der Waals surface area (Å²) in [5.41, 5.74) is 2.32. The van der Waals surface area contributed by atoms with Crippen molar-refractivity contribution in [3.8, 4) is 11.4 Å². The SMILES string of the molecule is CC1([C@H]2CCCN2c2ccc3ncc(-c4cccc(N5CCN(C6CCNCC6)CC5)n4)n3n2)C=C(F)C=CC1. The number of pyridine rings is 1. The van der Waals surface area contributed by atoms with Crippen LogP contribution in [-0.4, -0.2) is 82.4 Å². The quantitative estimate of drug-likeness (QED) is 0.511. The molecule has 0 spiro atoms. The van der Waals surface area contributed by atoms with Crippen molar-refractivity contribution in [2.45, 2.75) is 51.1 Å². The van der Waals surface area contributed by atoms with E-state index in [0.29, 0.717) is 6.04 Å². The second-order valence-electron chi connectivity index (χ2n) is 12.0. The molecule has 7 rings (SSSR count). The van der Waals surface area contributed by atoms with E-state index in [-0.39, 0.29) is 17.3 Å². The summed E-state index contributed by atoms with van der Waals surface area (Å²) < 4.78 is 16.2. The zero-order valence-corrected chi connectivity index (χ0v) is 23.3. The van der Waals surface area contributed by atoms with Gasteiger partial charge < -0.3 is 15.1 Å². The van der Waals surface area contributed by atoms with Gasteiger partial charge in [0.05, 0.1) is 11.9 Å². The molecule has 8 nitrogen and oxygen atoms in total. The number of piperidine rings is 1. The summed E-state index contributed by atoms with van der Waals surface area (Å²) in [6.07, 6.45) is 12.7. The number of anilines is 2. The van der Waals surface area contributed by atoms with Gasteiger partial charge in [0.15, 0.2) is 5.65 Å². The van der Waals surface area contributed by atoms with Crippen molar-refractivity contribution in [1.82, 2.24) is 29.8 Å². The lowest BCUT2D eigenvalue weighted by molar-refractivity contribution is 0.153. The zero-order chi connectivity index (χ0) is 27.1. The van der Waals surface area contributed by atoms with E-state index in [1.54, 1.807) is 12.2 Å². The molecule has 0 bridgehead atoms. The van der Waals surface area contributed by atoms with Crippen molar-refractivity contribution in [3.63, 3.8) is 0 Å². The van der Waals surface area contributed by atoms with Gasteiger partial charge in [-0.05, 0) is 81.6 Å². The Morgan fingerprint density at radius 2 is 1.82 bits per heavy atom. The predicted octanol–water partition coefficient (Wildman–Crippen LogP) is 4.45. The van der Waals surface area contributed by atoms with Crippen LogP contribution in [0.5, 0.6) is 0 Å². The van der Waals surface area contributed by atoms with Crippen LogP contribution in [0.2, 0.25) is 0 Å². The van der Waals surface area contributed by atoms with Crippen LogP contribution in [0.25, 0.3) is 17.0 Å². The Balaban J connectivity index is 1.12. The number of imidazole rings is 1. The van der Waals surface area contributed by atoms with Crippen LogP contribution < -0.4 is 15.1 Å².